The summed E-state index contributed by atoms with van der Waals surface area (Å²) in [5.74, 6) is 0.192. The van der Waals surface area contributed by atoms with Gasteiger partial charge in [0.05, 0.1) is 19.3 Å². The molecule has 2 bridgehead atoms. The number of pyridine rings is 1. The number of likely N-dealkylation sites (tertiary alicyclic amines) is 1. The number of piperazine rings is 1. The summed E-state index contributed by atoms with van der Waals surface area (Å²) < 4.78 is 45.1. The van der Waals surface area contributed by atoms with Gasteiger partial charge in [0.25, 0.3) is 0 Å². The molecule has 1 unspecified atom stereocenters. The van der Waals surface area contributed by atoms with Crippen LogP contribution in [0.1, 0.15) is 44.6 Å². The van der Waals surface area contributed by atoms with Crippen LogP contribution >= 0.6 is 0 Å². The first-order valence-corrected chi connectivity index (χ1v) is 17.7. The van der Waals surface area contributed by atoms with Gasteiger partial charge in [-0.05, 0) is 79.0 Å². The minimum Gasteiger partial charge on any atom is -0.508 e. The number of halogens is 2. The maximum absolute atomic E-state index is 17.1. The highest BCUT2D eigenvalue weighted by Crippen LogP contribution is 2.59. The maximum Gasteiger partial charge on any atom is 0.319 e. The number of aliphatic hydroxyl groups excluding tert-OH is 1. The smallest absolute Gasteiger partial charge is 0.319 e. The standard InChI is InChI=1S/C37H40F2N6O4/c1-2-23-25(38)5-3-19-9-22(47)10-24(28(19)23)31-30(39)32-29-33(45-13-21-4-6-26(40-21)27(45)14-48-34(29)41-31)43-35(42-32)49-18-36(7-8-36)15-44-12-20-11-37(20,16-44)17-46/h3,5,9-10,20-21,26-27,40,46-47H,2,4,6-8,11-18H2,1H3/t20?,21-,26+,27-,37-/m1/s1. The van der Waals surface area contributed by atoms with Crippen LogP contribution in [0.4, 0.5) is 14.6 Å². The number of rotatable bonds is 8. The summed E-state index contributed by atoms with van der Waals surface area (Å²) in [7, 11) is 0. The molecule has 10 rings (SSSR count). The van der Waals surface area contributed by atoms with Gasteiger partial charge in [0.1, 0.15) is 40.6 Å². The summed E-state index contributed by atoms with van der Waals surface area (Å²) >= 11 is 0. The summed E-state index contributed by atoms with van der Waals surface area (Å²) in [4.78, 5) is 19.1. The Hall–Kier alpha value is -3.87. The van der Waals surface area contributed by atoms with Crippen molar-refractivity contribution in [3.63, 3.8) is 0 Å². The number of piperidine rings is 1. The average Bonchev–Trinajstić information content (AvgIpc) is 3.95. The number of anilines is 1. The SMILES string of the molecule is CCc1c(F)ccc2cc(O)cc(-c3nc4c5c(nc(OCC6(CN7CC8C[C@]8(CO)C7)CC6)nc5c3F)N3C[C@H]5CC[C@H](N5)[C@H]3CO4)c12. The van der Waals surface area contributed by atoms with E-state index in [4.69, 9.17) is 24.4 Å². The van der Waals surface area contributed by atoms with Gasteiger partial charge in [-0.25, -0.2) is 13.8 Å². The monoisotopic (exact) mass is 670 g/mol. The summed E-state index contributed by atoms with van der Waals surface area (Å²) in [5.41, 5.74) is 0.731. The molecule has 6 aliphatic rings. The van der Waals surface area contributed by atoms with Crippen molar-refractivity contribution in [2.24, 2.45) is 16.7 Å². The van der Waals surface area contributed by atoms with Crippen molar-refractivity contribution in [2.75, 3.05) is 50.9 Å². The topological polar surface area (TPSA) is 116 Å². The molecular formula is C37H40F2N6O4. The molecule has 3 N–H and O–H groups in total. The number of nitrogens with zero attached hydrogens (tertiary/aromatic N) is 5. The second-order valence-corrected chi connectivity index (χ2v) is 15.6. The summed E-state index contributed by atoms with van der Waals surface area (Å²) in [5, 5.41) is 25.8. The lowest BCUT2D eigenvalue weighted by Gasteiger charge is -2.40. The van der Waals surface area contributed by atoms with Gasteiger partial charge in [-0.2, -0.15) is 9.97 Å². The molecule has 3 saturated heterocycles. The highest BCUT2D eigenvalue weighted by molar-refractivity contribution is 6.03. The lowest BCUT2D eigenvalue weighted by Crippen LogP contribution is -2.60. The van der Waals surface area contributed by atoms with E-state index in [-0.39, 0.29) is 63.9 Å². The van der Waals surface area contributed by atoms with Crippen LogP contribution in [0.15, 0.2) is 24.3 Å². The first kappa shape index (κ1) is 30.0. The third kappa shape index (κ3) is 4.63. The Morgan fingerprint density at radius 2 is 1.98 bits per heavy atom. The van der Waals surface area contributed by atoms with Gasteiger partial charge >= 0.3 is 6.01 Å². The van der Waals surface area contributed by atoms with Crippen LogP contribution < -0.4 is 19.7 Å². The molecule has 2 aromatic heterocycles. The molecule has 12 heteroatoms. The molecule has 10 nitrogen and oxygen atoms in total. The molecule has 5 atom stereocenters. The molecular weight excluding hydrogens is 630 g/mol. The lowest BCUT2D eigenvalue weighted by atomic mass is 9.94. The second-order valence-electron chi connectivity index (χ2n) is 15.6. The number of hydrogen-bond acceptors (Lipinski definition) is 10. The van der Waals surface area contributed by atoms with E-state index in [9.17, 15) is 10.2 Å². The summed E-state index contributed by atoms with van der Waals surface area (Å²) in [6.45, 7) is 6.38. The number of fused-ring (bicyclic) bond motifs is 7. The molecule has 0 spiro atoms. The van der Waals surface area contributed by atoms with Crippen LogP contribution in [0.25, 0.3) is 32.9 Å². The number of hydrogen-bond donors (Lipinski definition) is 3. The number of benzene rings is 2. The van der Waals surface area contributed by atoms with Crippen molar-refractivity contribution in [3.8, 4) is 28.9 Å². The number of aromatic hydroxyl groups is 1. The van der Waals surface area contributed by atoms with Crippen LogP contribution in [-0.2, 0) is 6.42 Å². The van der Waals surface area contributed by atoms with Crippen molar-refractivity contribution in [2.45, 2.75) is 63.6 Å². The van der Waals surface area contributed by atoms with Crippen LogP contribution in [-0.4, -0.2) is 94.2 Å². The Morgan fingerprint density at radius 3 is 2.78 bits per heavy atom. The summed E-state index contributed by atoms with van der Waals surface area (Å²) in [6.07, 6.45) is 5.61. The predicted molar refractivity (Wildman–Crippen MR) is 179 cm³/mol. The van der Waals surface area contributed by atoms with E-state index in [0.29, 0.717) is 65.7 Å². The number of aryl methyl sites for hydroxylation is 1. The van der Waals surface area contributed by atoms with Gasteiger partial charge in [-0.1, -0.05) is 13.0 Å². The minimum atomic E-state index is -0.697. The van der Waals surface area contributed by atoms with E-state index in [2.05, 4.69) is 15.1 Å². The van der Waals surface area contributed by atoms with Gasteiger partial charge in [0, 0.05) is 54.7 Å². The fourth-order valence-corrected chi connectivity index (χ4v) is 9.48. The second kappa shape index (κ2) is 10.6. The Kier molecular flexibility index (Phi) is 6.47. The number of phenols is 1. The zero-order chi connectivity index (χ0) is 33.2. The molecule has 2 aliphatic carbocycles. The molecule has 5 fully saturated rings. The van der Waals surface area contributed by atoms with Crippen molar-refractivity contribution >= 4 is 27.5 Å². The molecule has 49 heavy (non-hydrogen) atoms. The largest absolute Gasteiger partial charge is 0.508 e. The molecule has 256 valence electrons. The Labute approximate surface area is 282 Å². The van der Waals surface area contributed by atoms with Gasteiger partial charge in [-0.15, -0.1) is 0 Å². The quantitative estimate of drug-likeness (QED) is 0.246. The third-order valence-corrected chi connectivity index (χ3v) is 12.4. The van der Waals surface area contributed by atoms with Gasteiger partial charge in [0.2, 0.25) is 5.88 Å². The van der Waals surface area contributed by atoms with Crippen LogP contribution in [0.3, 0.4) is 0 Å². The third-order valence-electron chi connectivity index (χ3n) is 12.4. The first-order chi connectivity index (χ1) is 23.8. The Balaban J connectivity index is 1.08. The minimum absolute atomic E-state index is 0.0200. The van der Waals surface area contributed by atoms with Gasteiger partial charge in [-0.3, -0.25) is 0 Å². The molecule has 0 radical (unpaired) electrons. The van der Waals surface area contributed by atoms with E-state index in [1.807, 2.05) is 6.92 Å². The van der Waals surface area contributed by atoms with E-state index < -0.39 is 11.6 Å². The average molecular weight is 671 g/mol. The van der Waals surface area contributed by atoms with E-state index >= 15 is 8.78 Å². The fourth-order valence-electron chi connectivity index (χ4n) is 9.48. The van der Waals surface area contributed by atoms with Gasteiger partial charge < -0.3 is 34.8 Å². The van der Waals surface area contributed by atoms with Crippen LogP contribution in [0.5, 0.6) is 17.6 Å². The highest BCUT2D eigenvalue weighted by Gasteiger charge is 2.60. The van der Waals surface area contributed by atoms with Gasteiger partial charge in [0.15, 0.2) is 5.82 Å². The first-order valence-electron chi connectivity index (χ1n) is 17.7. The van der Waals surface area contributed by atoms with Crippen molar-refractivity contribution < 1.29 is 28.5 Å². The van der Waals surface area contributed by atoms with Crippen LogP contribution in [0.2, 0.25) is 0 Å². The molecule has 4 aliphatic heterocycles. The molecule has 0 amide bonds. The predicted octanol–water partition coefficient (Wildman–Crippen LogP) is 4.57. The Bertz CT molecular complexity index is 2040. The number of aromatic nitrogens is 3. The van der Waals surface area contributed by atoms with E-state index in [1.54, 1.807) is 12.1 Å². The molecule has 2 aromatic carbocycles. The Morgan fingerprint density at radius 1 is 1.10 bits per heavy atom. The molecule has 4 aromatic rings. The molecule has 2 saturated carbocycles. The van der Waals surface area contributed by atoms with Crippen molar-refractivity contribution in [1.82, 2.24) is 25.2 Å². The lowest BCUT2D eigenvalue weighted by molar-refractivity contribution is 0.143. The highest BCUT2D eigenvalue weighted by atomic mass is 19.1. The number of aliphatic hydroxyl groups is 1. The number of nitrogens with one attached hydrogen (secondary N) is 1. The van der Waals surface area contributed by atoms with Crippen molar-refractivity contribution in [1.29, 1.82) is 0 Å². The maximum atomic E-state index is 17.1. The molecule has 6 heterocycles. The number of ether oxygens (including phenoxy) is 2. The normalized spacial score (nSPS) is 29.1. The number of phenolic OH excluding ortho intramolecular Hbond substituents is 1. The summed E-state index contributed by atoms with van der Waals surface area (Å²) in [6, 6.07) is 6.51. The zero-order valence-electron chi connectivity index (χ0n) is 27.5. The zero-order valence-corrected chi connectivity index (χ0v) is 27.5. The fraction of sp³-hybridized carbons (Fsp3) is 0.541. The van der Waals surface area contributed by atoms with Crippen molar-refractivity contribution in [3.05, 3.63) is 41.5 Å². The van der Waals surface area contributed by atoms with Crippen LogP contribution in [0, 0.1) is 28.4 Å². The van der Waals surface area contributed by atoms with E-state index in [1.165, 1.54) is 12.1 Å². The van der Waals surface area contributed by atoms with E-state index in [0.717, 1.165) is 51.7 Å².